The van der Waals surface area contributed by atoms with Crippen LogP contribution in [0.3, 0.4) is 0 Å². The molecular formula is C19H27N5O2. The van der Waals surface area contributed by atoms with Gasteiger partial charge in [-0.1, -0.05) is 30.3 Å². The Kier molecular flexibility index (Phi) is 6.62. The van der Waals surface area contributed by atoms with Gasteiger partial charge in [0.15, 0.2) is 5.82 Å². The minimum absolute atomic E-state index is 0.191. The standard InChI is InChI=1S/C19H27N5O2/c1-26-14-13-24-12-9-18(22-24)21-19(25)20-17-7-10-23(11-8-17)15-16-5-3-2-4-6-16/h2-6,9,12,17H,7-8,10-11,13-15H2,1H3,(H2,20,21,22,25). The fraction of sp³-hybridized carbons (Fsp3) is 0.474. The first-order valence-corrected chi connectivity index (χ1v) is 9.09. The van der Waals surface area contributed by atoms with Crippen molar-refractivity contribution in [1.82, 2.24) is 20.0 Å². The van der Waals surface area contributed by atoms with Gasteiger partial charge in [-0.05, 0) is 18.4 Å². The summed E-state index contributed by atoms with van der Waals surface area (Å²) >= 11 is 0. The van der Waals surface area contributed by atoms with Gasteiger partial charge in [-0.2, -0.15) is 5.10 Å². The number of carbonyl (C=O) groups is 1. The molecule has 2 heterocycles. The number of aromatic nitrogens is 2. The number of rotatable bonds is 7. The summed E-state index contributed by atoms with van der Waals surface area (Å²) in [7, 11) is 1.65. The molecule has 0 bridgehead atoms. The maximum absolute atomic E-state index is 12.2. The Labute approximate surface area is 154 Å². The maximum Gasteiger partial charge on any atom is 0.320 e. The summed E-state index contributed by atoms with van der Waals surface area (Å²) in [6, 6.07) is 12.3. The average molecular weight is 357 g/mol. The number of nitrogens with one attached hydrogen (secondary N) is 2. The van der Waals surface area contributed by atoms with E-state index in [4.69, 9.17) is 4.74 Å². The Hall–Kier alpha value is -2.38. The highest BCUT2D eigenvalue weighted by molar-refractivity contribution is 5.88. The molecule has 7 heteroatoms. The molecule has 1 aliphatic heterocycles. The van der Waals surface area contributed by atoms with Crippen LogP contribution in [0.1, 0.15) is 18.4 Å². The van der Waals surface area contributed by atoms with Crippen molar-refractivity contribution in [3.63, 3.8) is 0 Å². The number of piperidine rings is 1. The third-order valence-corrected chi connectivity index (χ3v) is 4.58. The van der Waals surface area contributed by atoms with Crippen LogP contribution >= 0.6 is 0 Å². The van der Waals surface area contributed by atoms with Gasteiger partial charge in [-0.25, -0.2) is 4.79 Å². The molecule has 140 valence electrons. The fourth-order valence-corrected chi connectivity index (χ4v) is 3.15. The van der Waals surface area contributed by atoms with E-state index < -0.39 is 0 Å². The number of benzene rings is 1. The zero-order valence-corrected chi connectivity index (χ0v) is 15.2. The van der Waals surface area contributed by atoms with Crippen molar-refractivity contribution in [3.8, 4) is 0 Å². The number of urea groups is 1. The first kappa shape index (κ1) is 18.4. The van der Waals surface area contributed by atoms with Gasteiger partial charge in [0.2, 0.25) is 0 Å². The number of nitrogens with zero attached hydrogens (tertiary/aromatic N) is 3. The normalized spacial score (nSPS) is 15.7. The number of hydrogen-bond acceptors (Lipinski definition) is 4. The summed E-state index contributed by atoms with van der Waals surface area (Å²) in [5, 5.41) is 10.2. The molecule has 1 saturated heterocycles. The van der Waals surface area contributed by atoms with E-state index in [0.29, 0.717) is 19.0 Å². The molecule has 0 spiro atoms. The van der Waals surface area contributed by atoms with Crippen LogP contribution in [0.2, 0.25) is 0 Å². The van der Waals surface area contributed by atoms with Crippen molar-refractivity contribution in [2.45, 2.75) is 32.0 Å². The molecule has 26 heavy (non-hydrogen) atoms. The zero-order chi connectivity index (χ0) is 18.2. The largest absolute Gasteiger partial charge is 0.383 e. The lowest BCUT2D eigenvalue weighted by Gasteiger charge is -2.32. The predicted octanol–water partition coefficient (Wildman–Crippen LogP) is 2.32. The number of amides is 2. The smallest absolute Gasteiger partial charge is 0.320 e. The Bertz CT molecular complexity index is 680. The van der Waals surface area contributed by atoms with E-state index in [1.54, 1.807) is 17.9 Å². The van der Waals surface area contributed by atoms with Gasteiger partial charge in [-0.15, -0.1) is 0 Å². The van der Waals surface area contributed by atoms with E-state index in [0.717, 1.165) is 32.5 Å². The minimum atomic E-state index is -0.191. The Morgan fingerprint density at radius 1 is 1.23 bits per heavy atom. The second-order valence-corrected chi connectivity index (χ2v) is 6.59. The van der Waals surface area contributed by atoms with Crippen molar-refractivity contribution in [2.75, 3.05) is 32.1 Å². The van der Waals surface area contributed by atoms with Gasteiger partial charge in [0.05, 0.1) is 13.2 Å². The van der Waals surface area contributed by atoms with Crippen LogP contribution in [-0.4, -0.2) is 53.6 Å². The van der Waals surface area contributed by atoms with Crippen molar-refractivity contribution >= 4 is 11.8 Å². The highest BCUT2D eigenvalue weighted by atomic mass is 16.5. The first-order valence-electron chi connectivity index (χ1n) is 9.09. The average Bonchev–Trinajstić information content (AvgIpc) is 3.09. The zero-order valence-electron chi connectivity index (χ0n) is 15.2. The van der Waals surface area contributed by atoms with E-state index in [2.05, 4.69) is 44.9 Å². The monoisotopic (exact) mass is 357 g/mol. The third-order valence-electron chi connectivity index (χ3n) is 4.58. The number of hydrogen-bond donors (Lipinski definition) is 2. The van der Waals surface area contributed by atoms with E-state index in [1.807, 2.05) is 12.3 Å². The molecule has 2 amide bonds. The lowest BCUT2D eigenvalue weighted by Crippen LogP contribution is -2.45. The topological polar surface area (TPSA) is 71.4 Å². The third kappa shape index (κ3) is 5.57. The molecule has 7 nitrogen and oxygen atoms in total. The van der Waals surface area contributed by atoms with Gasteiger partial charge in [0.1, 0.15) is 0 Å². The van der Waals surface area contributed by atoms with Crippen LogP contribution in [0.15, 0.2) is 42.6 Å². The van der Waals surface area contributed by atoms with E-state index >= 15 is 0 Å². The van der Waals surface area contributed by atoms with Gasteiger partial charge in [0, 0.05) is 45.0 Å². The van der Waals surface area contributed by atoms with Crippen LogP contribution in [0.4, 0.5) is 10.6 Å². The molecule has 0 saturated carbocycles. The molecule has 0 radical (unpaired) electrons. The summed E-state index contributed by atoms with van der Waals surface area (Å²) in [6.45, 7) is 4.21. The van der Waals surface area contributed by atoms with Crippen LogP contribution in [0.5, 0.6) is 0 Å². The molecule has 1 aliphatic rings. The Balaban J connectivity index is 1.38. The lowest BCUT2D eigenvalue weighted by molar-refractivity contribution is 0.183. The van der Waals surface area contributed by atoms with Crippen molar-refractivity contribution in [1.29, 1.82) is 0 Å². The Morgan fingerprint density at radius 3 is 2.73 bits per heavy atom. The Morgan fingerprint density at radius 2 is 2.00 bits per heavy atom. The second-order valence-electron chi connectivity index (χ2n) is 6.59. The van der Waals surface area contributed by atoms with E-state index in [-0.39, 0.29) is 12.1 Å². The van der Waals surface area contributed by atoms with Gasteiger partial charge >= 0.3 is 6.03 Å². The molecular weight excluding hydrogens is 330 g/mol. The fourth-order valence-electron chi connectivity index (χ4n) is 3.15. The molecule has 1 aromatic heterocycles. The lowest BCUT2D eigenvalue weighted by atomic mass is 10.0. The van der Waals surface area contributed by atoms with Crippen LogP contribution in [0, 0.1) is 0 Å². The number of anilines is 1. The summed E-state index contributed by atoms with van der Waals surface area (Å²) in [5.74, 6) is 0.556. The molecule has 0 unspecified atom stereocenters. The molecule has 1 aromatic carbocycles. The maximum atomic E-state index is 12.2. The molecule has 2 aromatic rings. The quantitative estimate of drug-likeness (QED) is 0.798. The van der Waals surface area contributed by atoms with Gasteiger partial charge < -0.3 is 10.1 Å². The van der Waals surface area contributed by atoms with E-state index in [1.165, 1.54) is 5.56 Å². The summed E-state index contributed by atoms with van der Waals surface area (Å²) in [5.41, 5.74) is 1.33. The molecule has 0 aliphatic carbocycles. The summed E-state index contributed by atoms with van der Waals surface area (Å²) in [4.78, 5) is 14.6. The first-order chi connectivity index (χ1) is 12.7. The van der Waals surface area contributed by atoms with Crippen molar-refractivity contribution in [3.05, 3.63) is 48.2 Å². The minimum Gasteiger partial charge on any atom is -0.383 e. The predicted molar refractivity (Wildman–Crippen MR) is 101 cm³/mol. The van der Waals surface area contributed by atoms with Crippen LogP contribution in [-0.2, 0) is 17.8 Å². The van der Waals surface area contributed by atoms with Crippen LogP contribution in [0.25, 0.3) is 0 Å². The number of carbonyl (C=O) groups excluding carboxylic acids is 1. The highest BCUT2D eigenvalue weighted by Gasteiger charge is 2.20. The molecule has 0 atom stereocenters. The van der Waals surface area contributed by atoms with Gasteiger partial charge in [-0.3, -0.25) is 14.9 Å². The van der Waals surface area contributed by atoms with Crippen LogP contribution < -0.4 is 10.6 Å². The molecule has 2 N–H and O–H groups in total. The number of methoxy groups -OCH3 is 1. The summed E-state index contributed by atoms with van der Waals surface area (Å²) < 4.78 is 6.77. The molecule has 3 rings (SSSR count). The van der Waals surface area contributed by atoms with Crippen molar-refractivity contribution in [2.24, 2.45) is 0 Å². The van der Waals surface area contributed by atoms with Gasteiger partial charge in [0.25, 0.3) is 0 Å². The summed E-state index contributed by atoms with van der Waals surface area (Å²) in [6.07, 6.45) is 3.75. The second kappa shape index (κ2) is 9.35. The molecule has 1 fully saturated rings. The number of ether oxygens (including phenoxy) is 1. The SMILES string of the molecule is COCCn1ccc(NC(=O)NC2CCN(Cc3ccccc3)CC2)n1. The van der Waals surface area contributed by atoms with Crippen molar-refractivity contribution < 1.29 is 9.53 Å². The highest BCUT2D eigenvalue weighted by Crippen LogP contribution is 2.14. The number of likely N-dealkylation sites (tertiary alicyclic amines) is 1. The van der Waals surface area contributed by atoms with E-state index in [9.17, 15) is 4.79 Å².